The number of nitrogens with one attached hydrogen (secondary N) is 3. The highest BCUT2D eigenvalue weighted by atomic mass is 16.5. The smallest absolute Gasteiger partial charge is 0.243 e. The summed E-state index contributed by atoms with van der Waals surface area (Å²) in [5.41, 5.74) is 4.25. The number of amides is 1. The van der Waals surface area contributed by atoms with E-state index in [0.717, 1.165) is 17.0 Å². The Morgan fingerprint density at radius 2 is 1.59 bits per heavy atom. The molecule has 1 amide bonds. The van der Waals surface area contributed by atoms with E-state index in [2.05, 4.69) is 45.0 Å². The summed E-state index contributed by atoms with van der Waals surface area (Å²) in [5, 5.41) is 9.64. The molecule has 7 nitrogen and oxygen atoms in total. The molecule has 1 atom stereocenters. The summed E-state index contributed by atoms with van der Waals surface area (Å²) in [5.74, 6) is 1.77. The number of hydrogen-bond acceptors (Lipinski definition) is 6. The van der Waals surface area contributed by atoms with E-state index in [0.29, 0.717) is 37.9 Å². The largest absolute Gasteiger partial charge is 0.492 e. The van der Waals surface area contributed by atoms with Crippen LogP contribution in [-0.4, -0.2) is 35.1 Å². The van der Waals surface area contributed by atoms with E-state index in [1.807, 2.05) is 85.8 Å². The number of carbonyl (C=O) groups excluding carboxylic acids is 1. The van der Waals surface area contributed by atoms with Crippen LogP contribution >= 0.6 is 0 Å². The molecule has 4 rings (SSSR count). The molecule has 0 saturated heterocycles. The number of benzene rings is 3. The molecule has 0 aliphatic rings. The van der Waals surface area contributed by atoms with Gasteiger partial charge >= 0.3 is 0 Å². The number of nitrogens with zero attached hydrogens (tertiary/aromatic N) is 2. The molecule has 3 N–H and O–H groups in total. The van der Waals surface area contributed by atoms with E-state index in [1.54, 1.807) is 0 Å². The van der Waals surface area contributed by atoms with Crippen molar-refractivity contribution in [3.05, 3.63) is 113 Å². The van der Waals surface area contributed by atoms with Crippen LogP contribution < -0.4 is 20.7 Å². The van der Waals surface area contributed by atoms with Crippen molar-refractivity contribution in [2.24, 2.45) is 0 Å². The number of carbonyl (C=O) groups is 1. The number of hydrogen-bond donors (Lipinski definition) is 3. The summed E-state index contributed by atoms with van der Waals surface area (Å²) in [6.07, 6.45) is 0.515. The summed E-state index contributed by atoms with van der Waals surface area (Å²) in [6, 6.07) is 29.0. The van der Waals surface area contributed by atoms with Gasteiger partial charge in [-0.15, -0.1) is 0 Å². The van der Waals surface area contributed by atoms with Gasteiger partial charge in [-0.1, -0.05) is 72.8 Å². The van der Waals surface area contributed by atoms with E-state index in [4.69, 9.17) is 4.74 Å². The van der Waals surface area contributed by atoms with Gasteiger partial charge in [-0.25, -0.2) is 4.98 Å². The first-order valence-electron chi connectivity index (χ1n) is 12.5. The van der Waals surface area contributed by atoms with E-state index < -0.39 is 6.04 Å². The quantitative estimate of drug-likeness (QED) is 0.242. The van der Waals surface area contributed by atoms with Gasteiger partial charge in [-0.3, -0.25) is 4.79 Å². The van der Waals surface area contributed by atoms with Gasteiger partial charge < -0.3 is 20.7 Å². The second-order valence-corrected chi connectivity index (χ2v) is 8.84. The maximum atomic E-state index is 13.2. The van der Waals surface area contributed by atoms with Crippen molar-refractivity contribution in [3.8, 4) is 5.75 Å². The van der Waals surface area contributed by atoms with Crippen molar-refractivity contribution >= 4 is 17.7 Å². The highest BCUT2D eigenvalue weighted by Crippen LogP contribution is 2.15. The Morgan fingerprint density at radius 3 is 2.35 bits per heavy atom. The Kier molecular flexibility index (Phi) is 9.07. The number of anilines is 2. The van der Waals surface area contributed by atoms with E-state index >= 15 is 0 Å². The van der Waals surface area contributed by atoms with Crippen molar-refractivity contribution in [2.45, 2.75) is 32.9 Å². The molecule has 7 heteroatoms. The van der Waals surface area contributed by atoms with Gasteiger partial charge in [0.1, 0.15) is 24.2 Å². The van der Waals surface area contributed by atoms with Gasteiger partial charge in [0.05, 0.1) is 6.54 Å². The molecule has 0 radical (unpaired) electrons. The van der Waals surface area contributed by atoms with E-state index in [9.17, 15) is 4.79 Å². The summed E-state index contributed by atoms with van der Waals surface area (Å²) in [7, 11) is 0. The van der Waals surface area contributed by atoms with Crippen LogP contribution in [0.1, 0.15) is 22.4 Å². The molecule has 1 heterocycles. The number of aromatic nitrogens is 2. The summed E-state index contributed by atoms with van der Waals surface area (Å²) in [4.78, 5) is 22.4. The molecular weight excluding hydrogens is 462 g/mol. The van der Waals surface area contributed by atoms with Crippen LogP contribution in [0.2, 0.25) is 0 Å². The Bertz CT molecular complexity index is 1280. The molecule has 0 bridgehead atoms. The molecule has 190 valence electrons. The lowest BCUT2D eigenvalue weighted by Gasteiger charge is -2.20. The minimum Gasteiger partial charge on any atom is -0.492 e. The zero-order valence-corrected chi connectivity index (χ0v) is 21.3. The third-order valence-electron chi connectivity index (χ3n) is 5.89. The molecule has 1 aromatic heterocycles. The molecule has 3 aromatic carbocycles. The Balaban J connectivity index is 1.42. The Morgan fingerprint density at radius 1 is 0.892 bits per heavy atom. The fourth-order valence-electron chi connectivity index (χ4n) is 3.92. The maximum absolute atomic E-state index is 13.2. The van der Waals surface area contributed by atoms with Gasteiger partial charge in [-0.05, 0) is 42.7 Å². The second-order valence-electron chi connectivity index (χ2n) is 8.84. The Labute approximate surface area is 218 Å². The molecule has 0 unspecified atom stereocenters. The predicted molar refractivity (Wildman–Crippen MR) is 148 cm³/mol. The average Bonchev–Trinajstić information content (AvgIpc) is 2.91. The summed E-state index contributed by atoms with van der Waals surface area (Å²) >= 11 is 0. The normalized spacial score (nSPS) is 11.4. The molecule has 0 aliphatic heterocycles. The van der Waals surface area contributed by atoms with Crippen LogP contribution in [0.4, 0.5) is 11.8 Å². The summed E-state index contributed by atoms with van der Waals surface area (Å²) in [6.45, 7) is 5.39. The number of aryl methyl sites for hydroxylation is 2. The van der Waals surface area contributed by atoms with Gasteiger partial charge in [0.2, 0.25) is 11.9 Å². The third-order valence-corrected chi connectivity index (χ3v) is 5.89. The first kappa shape index (κ1) is 25.7. The average molecular weight is 496 g/mol. The fraction of sp³-hybridized carbons (Fsp3) is 0.233. The maximum Gasteiger partial charge on any atom is 0.243 e. The predicted octanol–water partition coefficient (Wildman–Crippen LogP) is 4.92. The van der Waals surface area contributed by atoms with Gasteiger partial charge in [0.25, 0.3) is 0 Å². The minimum absolute atomic E-state index is 0.119. The van der Waals surface area contributed by atoms with Crippen LogP contribution in [0.5, 0.6) is 5.75 Å². The standard InChI is InChI=1S/C30H33N5O2/c1-22-11-9-10-14-25(22)21-32-30-33-23(2)19-28(35-30)34-27(20-24-12-5-3-6-13-24)29(36)31-17-18-37-26-15-7-4-8-16-26/h3-16,19,27H,17-18,20-21H2,1-2H3,(H,31,36)(H2,32,33,34,35)/t27-/m0/s1. The lowest BCUT2D eigenvalue weighted by Crippen LogP contribution is -2.42. The topological polar surface area (TPSA) is 88.2 Å². The van der Waals surface area contributed by atoms with Gasteiger partial charge in [0, 0.05) is 24.7 Å². The van der Waals surface area contributed by atoms with Crippen LogP contribution in [0.15, 0.2) is 91.0 Å². The SMILES string of the molecule is Cc1cc(N[C@@H](Cc2ccccc2)C(=O)NCCOc2ccccc2)nc(NCc2ccccc2C)n1. The second kappa shape index (κ2) is 13.1. The zero-order chi connectivity index (χ0) is 25.9. The monoisotopic (exact) mass is 495 g/mol. The molecule has 0 spiro atoms. The van der Waals surface area contributed by atoms with Crippen molar-refractivity contribution in [2.75, 3.05) is 23.8 Å². The lowest BCUT2D eigenvalue weighted by atomic mass is 10.1. The molecule has 4 aromatic rings. The van der Waals surface area contributed by atoms with E-state index in [1.165, 1.54) is 11.1 Å². The van der Waals surface area contributed by atoms with Crippen molar-refractivity contribution in [1.29, 1.82) is 0 Å². The third kappa shape index (κ3) is 8.07. The van der Waals surface area contributed by atoms with Crippen LogP contribution in [0.25, 0.3) is 0 Å². The number of para-hydroxylation sites is 1. The van der Waals surface area contributed by atoms with Gasteiger partial charge in [0.15, 0.2) is 0 Å². The van der Waals surface area contributed by atoms with Crippen LogP contribution in [-0.2, 0) is 17.8 Å². The highest BCUT2D eigenvalue weighted by molar-refractivity contribution is 5.84. The van der Waals surface area contributed by atoms with Crippen molar-refractivity contribution in [1.82, 2.24) is 15.3 Å². The van der Waals surface area contributed by atoms with Gasteiger partial charge in [-0.2, -0.15) is 4.98 Å². The van der Waals surface area contributed by atoms with Crippen molar-refractivity contribution in [3.63, 3.8) is 0 Å². The fourth-order valence-corrected chi connectivity index (χ4v) is 3.92. The molecule has 0 fully saturated rings. The first-order chi connectivity index (χ1) is 18.1. The Hall–Kier alpha value is -4.39. The first-order valence-corrected chi connectivity index (χ1v) is 12.5. The highest BCUT2D eigenvalue weighted by Gasteiger charge is 2.20. The van der Waals surface area contributed by atoms with Crippen LogP contribution in [0, 0.1) is 13.8 Å². The molecule has 0 saturated carbocycles. The minimum atomic E-state index is -0.516. The zero-order valence-electron chi connectivity index (χ0n) is 21.3. The van der Waals surface area contributed by atoms with E-state index in [-0.39, 0.29) is 5.91 Å². The molecule has 37 heavy (non-hydrogen) atoms. The van der Waals surface area contributed by atoms with Crippen molar-refractivity contribution < 1.29 is 9.53 Å². The summed E-state index contributed by atoms with van der Waals surface area (Å²) < 4.78 is 5.71. The number of rotatable bonds is 12. The molecule has 0 aliphatic carbocycles. The molecular formula is C30H33N5O2. The van der Waals surface area contributed by atoms with Crippen LogP contribution in [0.3, 0.4) is 0 Å². The number of ether oxygens (including phenoxy) is 1. The lowest BCUT2D eigenvalue weighted by molar-refractivity contribution is -0.121.